The summed E-state index contributed by atoms with van der Waals surface area (Å²) in [5, 5.41) is 0.449. The zero-order chi connectivity index (χ0) is 13.8. The average molecular weight is 282 g/mol. The van der Waals surface area contributed by atoms with Gasteiger partial charge in [0.2, 0.25) is 0 Å². The quantitative estimate of drug-likeness (QED) is 0.686. The van der Waals surface area contributed by atoms with Crippen LogP contribution in [0.2, 0.25) is 5.15 Å². The van der Waals surface area contributed by atoms with E-state index in [-0.39, 0.29) is 0 Å². The summed E-state index contributed by atoms with van der Waals surface area (Å²) in [6.45, 7) is 0. The van der Waals surface area contributed by atoms with Crippen LogP contribution < -0.4 is 0 Å². The molecule has 3 aromatic rings. The third kappa shape index (κ3) is 3.00. The third-order valence-corrected chi connectivity index (χ3v) is 3.06. The van der Waals surface area contributed by atoms with Crippen LogP contribution in [0.4, 0.5) is 0 Å². The van der Waals surface area contributed by atoms with E-state index in [0.717, 1.165) is 17.0 Å². The first-order valence-corrected chi connectivity index (χ1v) is 6.68. The smallest absolute Gasteiger partial charge is 0.161 e. The molecule has 0 aliphatic carbocycles. The molecule has 0 amide bonds. The van der Waals surface area contributed by atoms with E-state index in [4.69, 9.17) is 11.6 Å². The zero-order valence-electron chi connectivity index (χ0n) is 10.7. The van der Waals surface area contributed by atoms with E-state index < -0.39 is 0 Å². The second-order valence-electron chi connectivity index (χ2n) is 4.37. The molecule has 2 aromatic heterocycles. The SMILES string of the molecule is Clc1cc(Cc2ccccn2)nc(-c2ccccc2)n1. The molecule has 20 heavy (non-hydrogen) atoms. The van der Waals surface area contributed by atoms with E-state index in [2.05, 4.69) is 15.0 Å². The third-order valence-electron chi connectivity index (χ3n) is 2.87. The van der Waals surface area contributed by atoms with Crippen molar-refractivity contribution in [2.24, 2.45) is 0 Å². The van der Waals surface area contributed by atoms with Gasteiger partial charge in [0.15, 0.2) is 5.82 Å². The highest BCUT2D eigenvalue weighted by Crippen LogP contribution is 2.18. The van der Waals surface area contributed by atoms with Gasteiger partial charge in [-0.1, -0.05) is 48.0 Å². The number of rotatable bonds is 3. The summed E-state index contributed by atoms with van der Waals surface area (Å²) in [6.07, 6.45) is 2.42. The predicted octanol–water partition coefficient (Wildman–Crippen LogP) is 3.78. The second-order valence-corrected chi connectivity index (χ2v) is 4.76. The van der Waals surface area contributed by atoms with Crippen LogP contribution >= 0.6 is 11.6 Å². The maximum atomic E-state index is 6.09. The molecule has 0 aliphatic heterocycles. The van der Waals surface area contributed by atoms with Gasteiger partial charge in [0, 0.05) is 23.9 Å². The molecule has 2 heterocycles. The molecule has 0 saturated heterocycles. The van der Waals surface area contributed by atoms with Crippen LogP contribution in [0.3, 0.4) is 0 Å². The highest BCUT2D eigenvalue weighted by molar-refractivity contribution is 6.29. The van der Waals surface area contributed by atoms with Crippen molar-refractivity contribution in [1.29, 1.82) is 0 Å². The molecule has 0 aliphatic rings. The fourth-order valence-corrected chi connectivity index (χ4v) is 2.17. The van der Waals surface area contributed by atoms with Gasteiger partial charge < -0.3 is 0 Å². The molecule has 0 radical (unpaired) electrons. The van der Waals surface area contributed by atoms with Crippen LogP contribution in [0.15, 0.2) is 60.8 Å². The summed E-state index contributed by atoms with van der Waals surface area (Å²) >= 11 is 6.09. The number of nitrogens with zero attached hydrogens (tertiary/aromatic N) is 3. The van der Waals surface area contributed by atoms with Gasteiger partial charge in [-0.2, -0.15) is 0 Å². The van der Waals surface area contributed by atoms with Gasteiger partial charge in [0.1, 0.15) is 5.15 Å². The Morgan fingerprint density at radius 2 is 1.65 bits per heavy atom. The van der Waals surface area contributed by atoms with Crippen molar-refractivity contribution in [3.8, 4) is 11.4 Å². The molecule has 0 saturated carbocycles. The Hall–Kier alpha value is -2.26. The van der Waals surface area contributed by atoms with Crippen molar-refractivity contribution in [2.45, 2.75) is 6.42 Å². The number of hydrogen-bond donors (Lipinski definition) is 0. The molecule has 0 bridgehead atoms. The molecule has 98 valence electrons. The standard InChI is InChI=1S/C16H12ClN3/c17-15-11-14(10-13-8-4-5-9-18-13)19-16(20-15)12-6-2-1-3-7-12/h1-9,11H,10H2. The fourth-order valence-electron chi connectivity index (χ4n) is 1.96. The maximum absolute atomic E-state index is 6.09. The van der Waals surface area contributed by atoms with Crippen LogP contribution in [-0.2, 0) is 6.42 Å². The Balaban J connectivity index is 1.95. The van der Waals surface area contributed by atoms with Crippen LogP contribution in [0.5, 0.6) is 0 Å². The van der Waals surface area contributed by atoms with E-state index in [1.54, 1.807) is 12.3 Å². The minimum Gasteiger partial charge on any atom is -0.261 e. The highest BCUT2D eigenvalue weighted by Gasteiger charge is 2.06. The molecule has 0 fully saturated rings. The lowest BCUT2D eigenvalue weighted by molar-refractivity contribution is 0.991. The summed E-state index contributed by atoms with van der Waals surface area (Å²) in [5.74, 6) is 0.643. The molecule has 0 unspecified atom stereocenters. The number of halogens is 1. The number of aromatic nitrogens is 3. The first-order valence-electron chi connectivity index (χ1n) is 6.30. The van der Waals surface area contributed by atoms with Crippen molar-refractivity contribution < 1.29 is 0 Å². The molecule has 0 N–H and O–H groups in total. The second kappa shape index (κ2) is 5.80. The number of pyridine rings is 1. The van der Waals surface area contributed by atoms with E-state index >= 15 is 0 Å². The van der Waals surface area contributed by atoms with Gasteiger partial charge in [-0.25, -0.2) is 9.97 Å². The summed E-state index contributed by atoms with van der Waals surface area (Å²) < 4.78 is 0. The molecular weight excluding hydrogens is 270 g/mol. The van der Waals surface area contributed by atoms with Gasteiger partial charge in [-0.3, -0.25) is 4.98 Å². The number of benzene rings is 1. The van der Waals surface area contributed by atoms with Crippen molar-refractivity contribution in [1.82, 2.24) is 15.0 Å². The van der Waals surface area contributed by atoms with E-state index in [1.165, 1.54) is 0 Å². The summed E-state index contributed by atoms with van der Waals surface area (Å²) in [5.41, 5.74) is 2.78. The van der Waals surface area contributed by atoms with Crippen LogP contribution in [0.1, 0.15) is 11.4 Å². The van der Waals surface area contributed by atoms with Crippen molar-refractivity contribution in [3.05, 3.63) is 77.3 Å². The normalized spacial score (nSPS) is 10.4. The predicted molar refractivity (Wildman–Crippen MR) is 79.5 cm³/mol. The topological polar surface area (TPSA) is 38.7 Å². The van der Waals surface area contributed by atoms with Crippen molar-refractivity contribution in [3.63, 3.8) is 0 Å². The van der Waals surface area contributed by atoms with Crippen molar-refractivity contribution >= 4 is 11.6 Å². The molecule has 3 nitrogen and oxygen atoms in total. The van der Waals surface area contributed by atoms with Gasteiger partial charge >= 0.3 is 0 Å². The van der Waals surface area contributed by atoms with Gasteiger partial charge in [0.25, 0.3) is 0 Å². The van der Waals surface area contributed by atoms with E-state index in [9.17, 15) is 0 Å². The zero-order valence-corrected chi connectivity index (χ0v) is 11.5. The minimum atomic E-state index is 0.449. The van der Waals surface area contributed by atoms with Gasteiger partial charge in [-0.05, 0) is 18.2 Å². The summed E-state index contributed by atoms with van der Waals surface area (Å²) in [6, 6.07) is 17.4. The Labute approximate surface area is 122 Å². The molecule has 4 heteroatoms. The van der Waals surface area contributed by atoms with E-state index in [1.807, 2.05) is 48.5 Å². The van der Waals surface area contributed by atoms with Crippen LogP contribution in [0, 0.1) is 0 Å². The lowest BCUT2D eigenvalue weighted by Crippen LogP contribution is -1.98. The fraction of sp³-hybridized carbons (Fsp3) is 0.0625. The minimum absolute atomic E-state index is 0.449. The Kier molecular flexibility index (Phi) is 3.70. The first kappa shape index (κ1) is 12.8. The van der Waals surface area contributed by atoms with Crippen molar-refractivity contribution in [2.75, 3.05) is 0 Å². The summed E-state index contributed by atoms with van der Waals surface area (Å²) in [7, 11) is 0. The monoisotopic (exact) mass is 281 g/mol. The molecular formula is C16H12ClN3. The van der Waals surface area contributed by atoms with E-state index in [0.29, 0.717) is 17.4 Å². The summed E-state index contributed by atoms with van der Waals surface area (Å²) in [4.78, 5) is 13.1. The highest BCUT2D eigenvalue weighted by atomic mass is 35.5. The van der Waals surface area contributed by atoms with Crippen LogP contribution in [0.25, 0.3) is 11.4 Å². The lowest BCUT2D eigenvalue weighted by atomic mass is 10.2. The molecule has 1 aromatic carbocycles. The Bertz CT molecular complexity index is 699. The lowest BCUT2D eigenvalue weighted by Gasteiger charge is -2.05. The van der Waals surface area contributed by atoms with Gasteiger partial charge in [-0.15, -0.1) is 0 Å². The maximum Gasteiger partial charge on any atom is 0.161 e. The number of hydrogen-bond acceptors (Lipinski definition) is 3. The first-order chi connectivity index (χ1) is 9.81. The Morgan fingerprint density at radius 3 is 2.40 bits per heavy atom. The van der Waals surface area contributed by atoms with Gasteiger partial charge in [0.05, 0.1) is 5.69 Å². The molecule has 3 rings (SSSR count). The average Bonchev–Trinajstić information content (AvgIpc) is 2.49. The van der Waals surface area contributed by atoms with Crippen LogP contribution in [-0.4, -0.2) is 15.0 Å². The molecule has 0 spiro atoms. The largest absolute Gasteiger partial charge is 0.261 e. The Morgan fingerprint density at radius 1 is 0.850 bits per heavy atom. The molecule has 0 atom stereocenters.